The molecule has 0 aromatic heterocycles. The minimum atomic E-state index is -2.30. The highest BCUT2D eigenvalue weighted by Gasteiger charge is 2.49. The number of carbonyl (C=O) groups is 8. The summed E-state index contributed by atoms with van der Waals surface area (Å²) in [5, 5.41) is 103. The largest absolute Gasteiger partial charge is 0.508 e. The molecule has 0 aliphatic carbocycles. The fourth-order valence-electron chi connectivity index (χ4n) is 10.4. The van der Waals surface area contributed by atoms with Crippen molar-refractivity contribution < 1.29 is 79.2 Å². The molecule has 81 heavy (non-hydrogen) atoms. The van der Waals surface area contributed by atoms with E-state index in [9.17, 15) is 79.2 Å². The van der Waals surface area contributed by atoms with Gasteiger partial charge in [-0.15, -0.1) is 11.8 Å². The Hall–Kier alpha value is -5.23. The van der Waals surface area contributed by atoms with Crippen LogP contribution in [0.2, 0.25) is 0 Å². The van der Waals surface area contributed by atoms with Crippen molar-refractivity contribution in [2.45, 2.75) is 202 Å². The van der Waals surface area contributed by atoms with Gasteiger partial charge in [-0.1, -0.05) is 77.8 Å². The number of carbonyl (C=O) groups excluding carboxylic acids is 8. The molecule has 3 heterocycles. The van der Waals surface area contributed by atoms with Crippen molar-refractivity contribution in [3.63, 3.8) is 0 Å². The van der Waals surface area contributed by atoms with Crippen molar-refractivity contribution in [3.05, 3.63) is 29.8 Å². The molecule has 0 bridgehead atoms. The summed E-state index contributed by atoms with van der Waals surface area (Å²) < 4.78 is 0. The molecule has 16 atom stereocenters. The maximum absolute atomic E-state index is 14.7. The van der Waals surface area contributed by atoms with E-state index in [-0.39, 0.29) is 56.8 Å². The molecule has 3 fully saturated rings. The van der Waals surface area contributed by atoms with Gasteiger partial charge in [-0.25, -0.2) is 0 Å². The summed E-state index contributed by atoms with van der Waals surface area (Å²) in [6.07, 6.45) is -6.12. The van der Waals surface area contributed by atoms with Crippen LogP contribution in [0.25, 0.3) is 0 Å². The molecule has 3 saturated heterocycles. The predicted octanol–water partition coefficient (Wildman–Crippen LogP) is -3.05. The van der Waals surface area contributed by atoms with E-state index < -0.39 is 157 Å². The number of nitrogens with one attached hydrogen (secondary N) is 6. The number of amides is 8. The minimum absolute atomic E-state index is 0.0628. The first-order chi connectivity index (χ1) is 38.4. The highest BCUT2D eigenvalue weighted by atomic mass is 32.2. The number of aliphatic hydroxyl groups excluding tert-OH is 7. The lowest BCUT2D eigenvalue weighted by atomic mass is 9.91. The van der Waals surface area contributed by atoms with Gasteiger partial charge in [-0.05, 0) is 68.7 Å². The van der Waals surface area contributed by atoms with Gasteiger partial charge in [0.15, 0.2) is 0 Å². The van der Waals surface area contributed by atoms with Gasteiger partial charge < -0.3 is 94.0 Å². The summed E-state index contributed by atoms with van der Waals surface area (Å²) in [5.41, 5.74) is 11.3. The van der Waals surface area contributed by atoms with Crippen LogP contribution in [0.15, 0.2) is 24.3 Å². The van der Waals surface area contributed by atoms with E-state index in [1.165, 1.54) is 18.6 Å². The van der Waals surface area contributed by atoms with Gasteiger partial charge in [0, 0.05) is 45.4 Å². The summed E-state index contributed by atoms with van der Waals surface area (Å²) >= 11 is 0.675. The highest BCUT2D eigenvalue weighted by molar-refractivity contribution is 8.00. The minimum Gasteiger partial charge on any atom is -0.508 e. The van der Waals surface area contributed by atoms with Crippen LogP contribution in [0, 0.1) is 11.8 Å². The quantitative estimate of drug-likeness (QED) is 0.0433. The van der Waals surface area contributed by atoms with Crippen molar-refractivity contribution in [3.8, 4) is 5.75 Å². The molecule has 2 unspecified atom stereocenters. The highest BCUT2D eigenvalue weighted by Crippen LogP contribution is 2.28. The van der Waals surface area contributed by atoms with Gasteiger partial charge in [0.05, 0.1) is 36.3 Å². The van der Waals surface area contributed by atoms with Gasteiger partial charge in [0.2, 0.25) is 47.3 Å². The van der Waals surface area contributed by atoms with Crippen molar-refractivity contribution in [1.82, 2.24) is 41.7 Å². The van der Waals surface area contributed by atoms with E-state index >= 15 is 0 Å². The second kappa shape index (κ2) is 33.8. The van der Waals surface area contributed by atoms with Crippen LogP contribution < -0.4 is 43.4 Å². The number of hydrogen-bond acceptors (Lipinski definition) is 19. The zero-order valence-electron chi connectivity index (χ0n) is 47.0. The third-order valence-electron chi connectivity index (χ3n) is 15.2. The molecule has 3 aliphatic heterocycles. The number of thioether (sulfide) groups is 1. The normalized spacial score (nSPS) is 27.7. The Balaban J connectivity index is 1.77. The molecule has 458 valence electrons. The lowest BCUT2D eigenvalue weighted by Crippen LogP contribution is -2.64. The summed E-state index contributed by atoms with van der Waals surface area (Å²) in [6.45, 7) is 6.81. The molecule has 4 rings (SSSR count). The molecule has 0 spiro atoms. The van der Waals surface area contributed by atoms with Crippen LogP contribution in [0.5, 0.6) is 5.75 Å². The number of phenolic OH excluding ortho intramolecular Hbond substituents is 1. The van der Waals surface area contributed by atoms with Crippen LogP contribution in [0.4, 0.5) is 0 Å². The second-order valence-corrected chi connectivity index (χ2v) is 23.0. The zero-order chi connectivity index (χ0) is 60.1. The first-order valence-electron chi connectivity index (χ1n) is 28.4. The number of fused-ring (bicyclic) bond motifs is 2. The number of benzene rings is 1. The lowest BCUT2D eigenvalue weighted by Gasteiger charge is -2.35. The Morgan fingerprint density at radius 3 is 1.99 bits per heavy atom. The van der Waals surface area contributed by atoms with Gasteiger partial charge in [-0.2, -0.15) is 0 Å². The number of rotatable bonds is 25. The van der Waals surface area contributed by atoms with Crippen LogP contribution in [-0.2, 0) is 38.4 Å². The monoisotopic (exact) mass is 1170 g/mol. The molecular formula is C54H90N10O16S. The van der Waals surface area contributed by atoms with Gasteiger partial charge in [-0.3, -0.25) is 38.4 Å². The number of aromatic hydroxyl groups is 1. The number of unbranched alkanes of at least 4 members (excludes halogenated alkanes) is 5. The molecular weight excluding hydrogens is 1080 g/mol. The number of nitrogens with two attached hydrogens (primary N) is 2. The van der Waals surface area contributed by atoms with Crippen LogP contribution in [0.3, 0.4) is 0 Å². The van der Waals surface area contributed by atoms with Gasteiger partial charge in [0.1, 0.15) is 59.6 Å². The third-order valence-corrected chi connectivity index (χ3v) is 16.4. The summed E-state index contributed by atoms with van der Waals surface area (Å²) in [5.74, 6) is -7.75. The summed E-state index contributed by atoms with van der Waals surface area (Å²) in [6, 6.07) is -6.71. The Kier molecular flexibility index (Phi) is 28.5. The molecule has 0 saturated carbocycles. The molecule has 26 nitrogen and oxygen atoms in total. The van der Waals surface area contributed by atoms with Gasteiger partial charge in [0.25, 0.3) is 0 Å². The van der Waals surface area contributed by atoms with E-state index in [4.69, 9.17) is 11.5 Å². The fourth-order valence-corrected chi connectivity index (χ4v) is 11.3. The van der Waals surface area contributed by atoms with Crippen LogP contribution >= 0.6 is 11.8 Å². The lowest BCUT2D eigenvalue weighted by molar-refractivity contribution is -0.148. The summed E-state index contributed by atoms with van der Waals surface area (Å²) in [4.78, 5) is 116. The summed E-state index contributed by atoms with van der Waals surface area (Å²) in [7, 11) is 0. The molecule has 3 aliphatic rings. The SMILES string of the molecule is CCC(C)CC(C)CCCCCCCCC(=O)N[C@H]1C[C@@H](O)[C@@H](SCC(=O)NCCN)NC(=O)[C@@H]2[C@@H](O)CCN2C(=O)[C@H]([C@H](O)CCN)NC(=O)[C@H]([C@H](O)[C@@H](O)c2ccc(O)cc2)NC(=O)[C@@H]2C[C@@H](O)CN2C(=O)[C@H]([C@@H](C)O)NC1=O. The number of hydrogen-bond donors (Lipinski definition) is 16. The average Bonchev–Trinajstić information content (AvgIpc) is 4.05. The number of aliphatic hydroxyl groups is 7. The maximum atomic E-state index is 14.7. The Morgan fingerprint density at radius 1 is 0.716 bits per heavy atom. The van der Waals surface area contributed by atoms with Crippen molar-refractivity contribution in [2.75, 3.05) is 38.5 Å². The topological polar surface area (TPSA) is 429 Å². The Morgan fingerprint density at radius 2 is 1.35 bits per heavy atom. The molecule has 0 radical (unpaired) electrons. The fraction of sp³-hybridized carbons (Fsp3) is 0.741. The standard InChI is InChI=1S/C54H90N10O16S/c1-5-29(2)24-30(3)12-10-8-6-7-9-11-13-40(71)58-35-26-39(70)52(81-28-41(72)57-22-21-56)62-51(78)45-38(69)19-23-63(45)54(80)43(37(68)18-20-55)60-50(77)44(47(74)46(73)32-14-16-33(66)17-15-32)61-49(76)36-25-34(67)27-64(36)53(79)42(31(4)65)59-48(35)75/h14-17,29-31,34-39,42-47,52,65-70,73-74H,5-13,18-28,55-56H2,1-4H3,(H,57,72)(H,58,71)(H,59,75)(H,60,77)(H,61,76)(H,62,78)/t29?,30?,31-,34-,35+,36+,37-,38+,39-,42+,43+,44+,45+,46+,47+,52-/m1/s1. The average molecular weight is 1170 g/mol. The van der Waals surface area contributed by atoms with E-state index in [0.717, 1.165) is 67.4 Å². The van der Waals surface area contributed by atoms with Crippen molar-refractivity contribution in [1.29, 1.82) is 0 Å². The molecule has 1 aromatic carbocycles. The van der Waals surface area contributed by atoms with E-state index in [1.54, 1.807) is 0 Å². The Labute approximate surface area is 477 Å². The molecule has 1 aromatic rings. The zero-order valence-corrected chi connectivity index (χ0v) is 47.8. The number of phenols is 1. The third kappa shape index (κ3) is 20.6. The smallest absolute Gasteiger partial charge is 0.248 e. The van der Waals surface area contributed by atoms with E-state index in [1.807, 2.05) is 0 Å². The maximum Gasteiger partial charge on any atom is 0.248 e. The second-order valence-electron chi connectivity index (χ2n) is 21.9. The first-order valence-corrected chi connectivity index (χ1v) is 29.4. The van der Waals surface area contributed by atoms with E-state index in [0.29, 0.717) is 36.4 Å². The predicted molar refractivity (Wildman–Crippen MR) is 298 cm³/mol. The molecule has 27 heteroatoms. The van der Waals surface area contributed by atoms with Crippen LogP contribution in [0.1, 0.15) is 129 Å². The Bertz CT molecular complexity index is 2220. The van der Waals surface area contributed by atoms with Gasteiger partial charge >= 0.3 is 0 Å². The molecule has 8 amide bonds. The van der Waals surface area contributed by atoms with E-state index in [2.05, 4.69) is 52.7 Å². The first kappa shape index (κ1) is 68.3. The van der Waals surface area contributed by atoms with Crippen molar-refractivity contribution >= 4 is 59.0 Å². The number of nitrogens with zero attached hydrogens (tertiary/aromatic N) is 2. The van der Waals surface area contributed by atoms with Crippen molar-refractivity contribution in [2.24, 2.45) is 23.3 Å². The molecule has 18 N–H and O–H groups in total. The van der Waals surface area contributed by atoms with Crippen LogP contribution in [-0.4, -0.2) is 215 Å².